The molecule has 1 aliphatic rings. The van der Waals surface area contributed by atoms with Crippen LogP contribution in [0.15, 0.2) is 158 Å². The average Bonchev–Trinajstić information content (AvgIpc) is 3.43. The summed E-state index contributed by atoms with van der Waals surface area (Å²) in [7, 11) is 0. The Balaban J connectivity index is 1.17. The van der Waals surface area contributed by atoms with Crippen LogP contribution in [0.3, 0.4) is 0 Å². The Bertz CT molecular complexity index is 1560. The van der Waals surface area contributed by atoms with Crippen LogP contribution in [0.2, 0.25) is 0 Å². The molecular formula is C41H36N2. The van der Waals surface area contributed by atoms with Crippen LogP contribution in [0.5, 0.6) is 0 Å². The molecule has 0 heterocycles. The zero-order valence-electron chi connectivity index (χ0n) is 24.4. The molecule has 0 atom stereocenters. The van der Waals surface area contributed by atoms with Gasteiger partial charge < -0.3 is 9.80 Å². The van der Waals surface area contributed by atoms with Crippen LogP contribution in [0.4, 0.5) is 11.4 Å². The minimum atomic E-state index is 0.875. The van der Waals surface area contributed by atoms with E-state index in [1.54, 1.807) is 0 Å². The minimum Gasteiger partial charge on any atom is -0.363 e. The number of benzene rings is 6. The van der Waals surface area contributed by atoms with E-state index in [1.807, 2.05) is 0 Å². The summed E-state index contributed by atoms with van der Waals surface area (Å²) in [5.74, 6) is 0. The van der Waals surface area contributed by atoms with Crippen molar-refractivity contribution >= 4 is 11.4 Å². The lowest BCUT2D eigenvalue weighted by molar-refractivity contribution is 0.799. The lowest BCUT2D eigenvalue weighted by Gasteiger charge is -2.26. The zero-order chi connectivity index (χ0) is 28.8. The number of rotatable bonds is 10. The van der Waals surface area contributed by atoms with Crippen LogP contribution in [0.25, 0.3) is 11.1 Å². The molecule has 0 aliphatic heterocycles. The summed E-state index contributed by atoms with van der Waals surface area (Å²) >= 11 is 0. The second-order valence-corrected chi connectivity index (χ2v) is 11.5. The van der Waals surface area contributed by atoms with Crippen LogP contribution in [-0.2, 0) is 32.6 Å². The lowest BCUT2D eigenvalue weighted by atomic mass is 10.0. The number of hydrogen-bond acceptors (Lipinski definition) is 2. The van der Waals surface area contributed by atoms with Crippen molar-refractivity contribution in [2.75, 3.05) is 9.80 Å². The molecule has 0 fully saturated rings. The van der Waals surface area contributed by atoms with Gasteiger partial charge in [0, 0.05) is 37.6 Å². The topological polar surface area (TPSA) is 6.48 Å². The van der Waals surface area contributed by atoms with Crippen molar-refractivity contribution in [1.82, 2.24) is 0 Å². The molecule has 0 radical (unpaired) electrons. The van der Waals surface area contributed by atoms with Gasteiger partial charge >= 0.3 is 0 Å². The van der Waals surface area contributed by atoms with Gasteiger partial charge in [-0.15, -0.1) is 0 Å². The van der Waals surface area contributed by atoms with E-state index in [1.165, 1.54) is 55.9 Å². The molecule has 1 aliphatic carbocycles. The zero-order valence-corrected chi connectivity index (χ0v) is 24.4. The molecule has 6 aromatic carbocycles. The molecule has 0 unspecified atom stereocenters. The summed E-state index contributed by atoms with van der Waals surface area (Å²) in [5, 5.41) is 0. The van der Waals surface area contributed by atoms with Gasteiger partial charge in [-0.2, -0.15) is 0 Å². The van der Waals surface area contributed by atoms with Gasteiger partial charge in [-0.25, -0.2) is 0 Å². The first kappa shape index (κ1) is 26.8. The third-order valence-electron chi connectivity index (χ3n) is 8.44. The summed E-state index contributed by atoms with van der Waals surface area (Å²) in [6, 6.07) is 57.3. The predicted molar refractivity (Wildman–Crippen MR) is 180 cm³/mol. The Hall–Kier alpha value is -5.08. The molecule has 6 aromatic rings. The first-order chi connectivity index (χ1) is 21.3. The van der Waals surface area contributed by atoms with E-state index in [9.17, 15) is 0 Å². The van der Waals surface area contributed by atoms with E-state index in [-0.39, 0.29) is 0 Å². The SMILES string of the molecule is c1ccc(CN(Cc2ccccc2)c2ccc3c(c2)Cc2cc(N(Cc4ccccc4)Cc4ccccc4)ccc2-3)cc1. The molecule has 0 spiro atoms. The van der Waals surface area contributed by atoms with Crippen LogP contribution in [0.1, 0.15) is 33.4 Å². The Morgan fingerprint density at radius 2 is 0.651 bits per heavy atom. The largest absolute Gasteiger partial charge is 0.363 e. The monoisotopic (exact) mass is 556 g/mol. The van der Waals surface area contributed by atoms with Gasteiger partial charge in [0.05, 0.1) is 0 Å². The van der Waals surface area contributed by atoms with Gasteiger partial charge in [0.25, 0.3) is 0 Å². The van der Waals surface area contributed by atoms with Crippen molar-refractivity contribution in [3.63, 3.8) is 0 Å². The second kappa shape index (κ2) is 12.4. The van der Waals surface area contributed by atoms with Crippen molar-refractivity contribution in [3.05, 3.63) is 191 Å². The highest BCUT2D eigenvalue weighted by Gasteiger charge is 2.22. The number of hydrogen-bond donors (Lipinski definition) is 0. The van der Waals surface area contributed by atoms with Crippen LogP contribution in [0, 0.1) is 0 Å². The van der Waals surface area contributed by atoms with Crippen molar-refractivity contribution in [1.29, 1.82) is 0 Å². The third kappa shape index (κ3) is 6.24. The Morgan fingerprint density at radius 3 is 0.953 bits per heavy atom. The molecule has 210 valence electrons. The molecule has 0 amide bonds. The van der Waals surface area contributed by atoms with E-state index in [4.69, 9.17) is 0 Å². The fraction of sp³-hybridized carbons (Fsp3) is 0.122. The minimum absolute atomic E-state index is 0.875. The fourth-order valence-electron chi connectivity index (χ4n) is 6.27. The number of anilines is 2. The average molecular weight is 557 g/mol. The van der Waals surface area contributed by atoms with E-state index in [2.05, 4.69) is 168 Å². The van der Waals surface area contributed by atoms with E-state index in [0.717, 1.165) is 32.6 Å². The van der Waals surface area contributed by atoms with Crippen molar-refractivity contribution < 1.29 is 0 Å². The molecule has 43 heavy (non-hydrogen) atoms. The van der Waals surface area contributed by atoms with Crippen LogP contribution in [-0.4, -0.2) is 0 Å². The van der Waals surface area contributed by atoms with Crippen LogP contribution < -0.4 is 9.80 Å². The quantitative estimate of drug-likeness (QED) is 0.165. The molecule has 0 aromatic heterocycles. The summed E-state index contributed by atoms with van der Waals surface area (Å²) in [6.45, 7) is 3.50. The highest BCUT2D eigenvalue weighted by atomic mass is 15.1. The summed E-state index contributed by atoms with van der Waals surface area (Å²) in [4.78, 5) is 5.00. The van der Waals surface area contributed by atoms with Gasteiger partial charge in [-0.05, 0) is 75.2 Å². The van der Waals surface area contributed by atoms with Crippen molar-refractivity contribution in [3.8, 4) is 11.1 Å². The van der Waals surface area contributed by atoms with Gasteiger partial charge in [0.2, 0.25) is 0 Å². The van der Waals surface area contributed by atoms with Crippen molar-refractivity contribution in [2.24, 2.45) is 0 Å². The van der Waals surface area contributed by atoms with Gasteiger partial charge in [0.1, 0.15) is 0 Å². The first-order valence-electron chi connectivity index (χ1n) is 15.2. The third-order valence-corrected chi connectivity index (χ3v) is 8.44. The Labute approximate surface area is 255 Å². The second-order valence-electron chi connectivity index (χ2n) is 11.5. The first-order valence-corrected chi connectivity index (χ1v) is 15.2. The number of fused-ring (bicyclic) bond motifs is 3. The van der Waals surface area contributed by atoms with Crippen LogP contribution >= 0.6 is 0 Å². The highest BCUT2D eigenvalue weighted by molar-refractivity contribution is 5.80. The fourth-order valence-corrected chi connectivity index (χ4v) is 6.27. The van der Waals surface area contributed by atoms with Gasteiger partial charge in [0.15, 0.2) is 0 Å². The highest BCUT2D eigenvalue weighted by Crippen LogP contribution is 2.41. The normalized spacial score (nSPS) is 11.5. The maximum atomic E-state index is 2.50. The van der Waals surface area contributed by atoms with Crippen molar-refractivity contribution in [2.45, 2.75) is 32.6 Å². The summed E-state index contributed by atoms with van der Waals surface area (Å²) < 4.78 is 0. The summed E-state index contributed by atoms with van der Waals surface area (Å²) in [6.07, 6.45) is 0.960. The molecule has 0 saturated carbocycles. The molecular weight excluding hydrogens is 520 g/mol. The van der Waals surface area contributed by atoms with E-state index >= 15 is 0 Å². The molecule has 0 saturated heterocycles. The van der Waals surface area contributed by atoms with E-state index in [0.29, 0.717) is 0 Å². The van der Waals surface area contributed by atoms with Gasteiger partial charge in [-0.1, -0.05) is 133 Å². The van der Waals surface area contributed by atoms with E-state index < -0.39 is 0 Å². The Kier molecular flexibility index (Phi) is 7.74. The maximum Gasteiger partial charge on any atom is 0.0433 e. The Morgan fingerprint density at radius 1 is 0.349 bits per heavy atom. The number of nitrogens with zero attached hydrogens (tertiary/aromatic N) is 2. The molecule has 2 heteroatoms. The molecule has 2 nitrogen and oxygen atoms in total. The molecule has 0 bridgehead atoms. The maximum absolute atomic E-state index is 2.50. The lowest BCUT2D eigenvalue weighted by Crippen LogP contribution is -2.22. The predicted octanol–water partition coefficient (Wildman–Crippen LogP) is 9.67. The molecule has 0 N–H and O–H groups in total. The standard InChI is InChI=1S/C41H36N2/c1-5-13-32(14-6-1)28-42(29-33-15-7-2-8-16-33)38-21-23-40-36(26-38)25-37-27-39(22-24-41(37)40)43(30-34-17-9-3-10-18-34)31-35-19-11-4-12-20-35/h1-24,26-27H,25,28-31H2. The van der Waals surface area contributed by atoms with Gasteiger partial charge in [-0.3, -0.25) is 0 Å². The smallest absolute Gasteiger partial charge is 0.0433 e. The molecule has 7 rings (SSSR count). The summed E-state index contributed by atoms with van der Waals surface area (Å²) in [5.41, 5.74) is 13.4.